The maximum Gasteiger partial charge on any atom is 0.309 e. The average Bonchev–Trinajstić information content (AvgIpc) is 2.45. The van der Waals surface area contributed by atoms with E-state index in [9.17, 15) is 4.79 Å². The predicted octanol–water partition coefficient (Wildman–Crippen LogP) is 4.00. The highest BCUT2D eigenvalue weighted by Crippen LogP contribution is 2.31. The highest BCUT2D eigenvalue weighted by molar-refractivity contribution is 7.99. The van der Waals surface area contributed by atoms with Crippen molar-refractivity contribution < 1.29 is 9.53 Å². The van der Waals surface area contributed by atoms with Crippen LogP contribution in [0, 0.1) is 0 Å². The molecule has 0 aliphatic rings. The number of fused-ring (bicyclic) bond motifs is 1. The van der Waals surface area contributed by atoms with E-state index >= 15 is 0 Å². The molecular formula is C15H16O2S2. The lowest BCUT2D eigenvalue weighted by Gasteiger charge is -2.09. The highest BCUT2D eigenvalue weighted by Gasteiger charge is 2.08. The third-order valence-electron chi connectivity index (χ3n) is 2.98. The van der Waals surface area contributed by atoms with Crippen LogP contribution in [0.3, 0.4) is 0 Å². The molecule has 0 amide bonds. The number of thioether (sulfide) groups is 2. The van der Waals surface area contributed by atoms with Crippen molar-refractivity contribution in [2.75, 3.05) is 19.6 Å². The van der Waals surface area contributed by atoms with Gasteiger partial charge in [0.05, 0.1) is 13.5 Å². The lowest BCUT2D eigenvalue weighted by atomic mass is 10.0. The van der Waals surface area contributed by atoms with Gasteiger partial charge < -0.3 is 4.74 Å². The third-order valence-corrected chi connectivity index (χ3v) is 4.48. The topological polar surface area (TPSA) is 26.3 Å². The number of methoxy groups -OCH3 is 1. The second kappa shape index (κ2) is 6.35. The molecule has 19 heavy (non-hydrogen) atoms. The van der Waals surface area contributed by atoms with E-state index in [-0.39, 0.29) is 5.97 Å². The molecule has 0 heterocycles. The first-order valence-corrected chi connectivity index (χ1v) is 8.34. The summed E-state index contributed by atoms with van der Waals surface area (Å²) in [6, 6.07) is 10.6. The molecule has 4 heteroatoms. The van der Waals surface area contributed by atoms with Crippen LogP contribution in [0.25, 0.3) is 10.8 Å². The summed E-state index contributed by atoms with van der Waals surface area (Å²) in [5, 5.41) is 2.41. The SMILES string of the molecule is COC(=O)Cc1cc(SC)c2cc(SC)ccc2c1. The lowest BCUT2D eigenvalue weighted by molar-refractivity contribution is -0.139. The molecule has 2 aromatic carbocycles. The minimum atomic E-state index is -0.202. The maximum absolute atomic E-state index is 11.4. The average molecular weight is 292 g/mol. The van der Waals surface area contributed by atoms with Crippen molar-refractivity contribution in [2.45, 2.75) is 16.2 Å². The third kappa shape index (κ3) is 3.25. The zero-order valence-corrected chi connectivity index (χ0v) is 12.9. The number of rotatable bonds is 4. The Balaban J connectivity index is 2.51. The summed E-state index contributed by atoms with van der Waals surface area (Å²) < 4.78 is 4.73. The van der Waals surface area contributed by atoms with Crippen LogP contribution in [0.15, 0.2) is 40.1 Å². The van der Waals surface area contributed by atoms with Gasteiger partial charge >= 0.3 is 5.97 Å². The van der Waals surface area contributed by atoms with E-state index in [4.69, 9.17) is 4.74 Å². The van der Waals surface area contributed by atoms with Gasteiger partial charge in [0.25, 0.3) is 0 Å². The van der Waals surface area contributed by atoms with E-state index in [0.29, 0.717) is 6.42 Å². The van der Waals surface area contributed by atoms with Gasteiger partial charge in [0.2, 0.25) is 0 Å². The molecule has 0 radical (unpaired) electrons. The van der Waals surface area contributed by atoms with Gasteiger partial charge in [-0.15, -0.1) is 23.5 Å². The van der Waals surface area contributed by atoms with Crippen molar-refractivity contribution in [2.24, 2.45) is 0 Å². The van der Waals surface area contributed by atoms with Crippen molar-refractivity contribution in [3.05, 3.63) is 35.9 Å². The maximum atomic E-state index is 11.4. The molecular weight excluding hydrogens is 276 g/mol. The molecule has 0 bridgehead atoms. The van der Waals surface area contributed by atoms with Crippen LogP contribution in [-0.4, -0.2) is 25.6 Å². The van der Waals surface area contributed by atoms with Crippen molar-refractivity contribution >= 4 is 40.3 Å². The van der Waals surface area contributed by atoms with Crippen LogP contribution in [0.1, 0.15) is 5.56 Å². The Bertz CT molecular complexity index is 608. The number of esters is 1. The lowest BCUT2D eigenvalue weighted by Crippen LogP contribution is -2.04. The fourth-order valence-electron chi connectivity index (χ4n) is 2.00. The van der Waals surface area contributed by atoms with E-state index in [1.807, 2.05) is 0 Å². The van der Waals surface area contributed by atoms with Crippen LogP contribution in [0.2, 0.25) is 0 Å². The largest absolute Gasteiger partial charge is 0.469 e. The molecule has 0 saturated heterocycles. The van der Waals surface area contributed by atoms with Gasteiger partial charge in [-0.1, -0.05) is 12.1 Å². The zero-order chi connectivity index (χ0) is 13.8. The molecule has 100 valence electrons. The quantitative estimate of drug-likeness (QED) is 0.628. The Morgan fingerprint density at radius 3 is 2.58 bits per heavy atom. The summed E-state index contributed by atoms with van der Waals surface area (Å²) in [6.45, 7) is 0. The van der Waals surface area contributed by atoms with Gasteiger partial charge in [0.1, 0.15) is 0 Å². The highest BCUT2D eigenvalue weighted by atomic mass is 32.2. The van der Waals surface area contributed by atoms with Crippen LogP contribution in [0.4, 0.5) is 0 Å². The minimum absolute atomic E-state index is 0.202. The molecule has 2 aromatic rings. The molecule has 0 saturated carbocycles. The van der Waals surface area contributed by atoms with Crippen molar-refractivity contribution in [1.82, 2.24) is 0 Å². The number of carbonyl (C=O) groups excluding carboxylic acids is 1. The standard InChI is InChI=1S/C15H16O2S2/c1-17-15(16)8-10-6-11-4-5-12(18-2)9-13(11)14(7-10)19-3/h4-7,9H,8H2,1-3H3. The van der Waals surface area contributed by atoms with Crippen LogP contribution >= 0.6 is 23.5 Å². The predicted molar refractivity (Wildman–Crippen MR) is 83.2 cm³/mol. The van der Waals surface area contributed by atoms with Gasteiger partial charge in [-0.3, -0.25) is 4.79 Å². The fraction of sp³-hybridized carbons (Fsp3) is 0.267. The molecule has 0 aromatic heterocycles. The summed E-state index contributed by atoms with van der Waals surface area (Å²) in [7, 11) is 1.42. The Hall–Kier alpha value is -1.13. The summed E-state index contributed by atoms with van der Waals surface area (Å²) in [5.41, 5.74) is 1.00. The Labute approximate surface area is 121 Å². The van der Waals surface area contributed by atoms with Gasteiger partial charge in [-0.2, -0.15) is 0 Å². The zero-order valence-electron chi connectivity index (χ0n) is 11.2. The number of carbonyl (C=O) groups is 1. The van der Waals surface area contributed by atoms with Gasteiger partial charge in [-0.05, 0) is 47.0 Å². The monoisotopic (exact) mass is 292 g/mol. The first-order chi connectivity index (χ1) is 9.17. The molecule has 0 aliphatic carbocycles. The van der Waals surface area contributed by atoms with Crippen molar-refractivity contribution in [3.8, 4) is 0 Å². The molecule has 0 spiro atoms. The molecule has 0 N–H and O–H groups in total. The number of benzene rings is 2. The van der Waals surface area contributed by atoms with E-state index in [0.717, 1.165) is 5.56 Å². The Morgan fingerprint density at radius 2 is 1.95 bits per heavy atom. The minimum Gasteiger partial charge on any atom is -0.469 e. The molecule has 0 fully saturated rings. The van der Waals surface area contributed by atoms with E-state index in [1.165, 1.54) is 27.7 Å². The van der Waals surface area contributed by atoms with Gasteiger partial charge in [-0.25, -0.2) is 0 Å². The fourth-order valence-corrected chi connectivity index (χ4v) is 3.10. The summed E-state index contributed by atoms with van der Waals surface area (Å²) >= 11 is 3.44. The van der Waals surface area contributed by atoms with Gasteiger partial charge in [0, 0.05) is 9.79 Å². The first kappa shape index (κ1) is 14.3. The van der Waals surface area contributed by atoms with Crippen LogP contribution < -0.4 is 0 Å². The smallest absolute Gasteiger partial charge is 0.309 e. The summed E-state index contributed by atoms with van der Waals surface area (Å²) in [4.78, 5) is 13.8. The Kier molecular flexibility index (Phi) is 4.77. The molecule has 0 atom stereocenters. The van der Waals surface area contributed by atoms with E-state index in [1.54, 1.807) is 23.5 Å². The van der Waals surface area contributed by atoms with Crippen molar-refractivity contribution in [3.63, 3.8) is 0 Å². The molecule has 0 unspecified atom stereocenters. The molecule has 0 aliphatic heterocycles. The van der Waals surface area contributed by atoms with Crippen LogP contribution in [-0.2, 0) is 16.0 Å². The molecule has 2 nitrogen and oxygen atoms in total. The summed E-state index contributed by atoms with van der Waals surface area (Å²) in [6.07, 6.45) is 4.46. The number of ether oxygens (including phenoxy) is 1. The van der Waals surface area contributed by atoms with E-state index < -0.39 is 0 Å². The van der Waals surface area contributed by atoms with Crippen LogP contribution in [0.5, 0.6) is 0 Å². The second-order valence-electron chi connectivity index (χ2n) is 4.14. The first-order valence-electron chi connectivity index (χ1n) is 5.89. The number of hydrogen-bond acceptors (Lipinski definition) is 4. The summed E-state index contributed by atoms with van der Waals surface area (Å²) in [5.74, 6) is -0.202. The number of hydrogen-bond donors (Lipinski definition) is 0. The molecule has 2 rings (SSSR count). The van der Waals surface area contributed by atoms with Gasteiger partial charge in [0.15, 0.2) is 0 Å². The normalized spacial score (nSPS) is 10.7. The Morgan fingerprint density at radius 1 is 1.16 bits per heavy atom. The van der Waals surface area contributed by atoms with Crippen molar-refractivity contribution in [1.29, 1.82) is 0 Å². The second-order valence-corrected chi connectivity index (χ2v) is 5.87. The van der Waals surface area contributed by atoms with E-state index in [2.05, 4.69) is 42.8 Å².